The highest BCUT2D eigenvalue weighted by Crippen LogP contribution is 2.27. The molecule has 1 aliphatic heterocycles. The van der Waals surface area contributed by atoms with Crippen LogP contribution in [0.15, 0.2) is 60.8 Å². The Hall–Kier alpha value is -5.20. The standard InChI is InChI=1S/C32H38N6O7/c1-18-12-13-38(32(45)26(35-19(2)39)15-21-17-34-23-11-7-6-10-22(21)23)28(18)31(44)37-25(16-27(40)41)30(43)36-24(29(33)42)14-20-8-4-3-5-9-20/h3-11,17-18,24-26,28,34H,12-16H2,1-2H3,(H2,33,42)(H,35,39)(H,36,43)(H,37,44)(H,40,41)/t18-,24-,25-,26-,28-/m0/s1. The lowest BCUT2D eigenvalue weighted by Crippen LogP contribution is -2.59. The van der Waals surface area contributed by atoms with Crippen LogP contribution in [0.3, 0.4) is 0 Å². The molecule has 1 fully saturated rings. The second-order valence-corrected chi connectivity index (χ2v) is 11.4. The Kier molecular flexibility index (Phi) is 10.6. The van der Waals surface area contributed by atoms with Crippen LogP contribution in [0.1, 0.15) is 37.8 Å². The minimum Gasteiger partial charge on any atom is -0.481 e. The fourth-order valence-electron chi connectivity index (χ4n) is 5.75. The molecule has 2 heterocycles. The minimum absolute atomic E-state index is 0.0680. The Balaban J connectivity index is 1.51. The van der Waals surface area contributed by atoms with Crippen LogP contribution in [-0.4, -0.2) is 81.2 Å². The first-order chi connectivity index (χ1) is 21.4. The van der Waals surface area contributed by atoms with Crippen molar-refractivity contribution in [3.05, 3.63) is 71.9 Å². The number of aliphatic carboxylic acids is 1. The number of benzene rings is 2. The first-order valence-electron chi connectivity index (χ1n) is 14.7. The zero-order valence-corrected chi connectivity index (χ0v) is 25.1. The topological polar surface area (TPSA) is 204 Å². The summed E-state index contributed by atoms with van der Waals surface area (Å²) in [5.41, 5.74) is 7.91. The molecule has 0 radical (unpaired) electrons. The maximum atomic E-state index is 13.9. The number of primary amides is 1. The van der Waals surface area contributed by atoms with Crippen molar-refractivity contribution in [2.45, 2.75) is 63.7 Å². The van der Waals surface area contributed by atoms with Gasteiger partial charge in [0.25, 0.3) is 0 Å². The fraction of sp³-hybridized carbons (Fsp3) is 0.375. The minimum atomic E-state index is -1.55. The molecule has 4 rings (SSSR count). The molecule has 5 amide bonds. The van der Waals surface area contributed by atoms with E-state index in [9.17, 15) is 33.9 Å². The highest BCUT2D eigenvalue weighted by atomic mass is 16.4. The van der Waals surface area contributed by atoms with Crippen molar-refractivity contribution in [1.29, 1.82) is 0 Å². The van der Waals surface area contributed by atoms with Crippen molar-refractivity contribution >= 4 is 46.4 Å². The summed E-state index contributed by atoms with van der Waals surface area (Å²) in [6.45, 7) is 3.30. The summed E-state index contributed by atoms with van der Waals surface area (Å²) in [7, 11) is 0. The number of nitrogens with two attached hydrogens (primary N) is 1. The highest BCUT2D eigenvalue weighted by Gasteiger charge is 2.43. The molecule has 1 saturated heterocycles. The van der Waals surface area contributed by atoms with Gasteiger partial charge in [0.2, 0.25) is 29.5 Å². The number of hydrogen-bond acceptors (Lipinski definition) is 6. The van der Waals surface area contributed by atoms with E-state index in [-0.39, 0.29) is 25.3 Å². The molecular weight excluding hydrogens is 580 g/mol. The monoisotopic (exact) mass is 618 g/mol. The van der Waals surface area contributed by atoms with E-state index in [0.29, 0.717) is 6.42 Å². The number of para-hydroxylation sites is 1. The maximum Gasteiger partial charge on any atom is 0.305 e. The van der Waals surface area contributed by atoms with Crippen LogP contribution in [0, 0.1) is 5.92 Å². The summed E-state index contributed by atoms with van der Waals surface area (Å²) in [6, 6.07) is 11.6. The quantitative estimate of drug-likeness (QED) is 0.161. The van der Waals surface area contributed by atoms with Gasteiger partial charge in [-0.25, -0.2) is 0 Å². The van der Waals surface area contributed by atoms with Crippen LogP contribution in [0.4, 0.5) is 0 Å². The number of carbonyl (C=O) groups is 6. The summed E-state index contributed by atoms with van der Waals surface area (Å²) in [6.07, 6.45) is 1.72. The van der Waals surface area contributed by atoms with Gasteiger partial charge >= 0.3 is 5.97 Å². The molecule has 45 heavy (non-hydrogen) atoms. The van der Waals surface area contributed by atoms with Gasteiger partial charge < -0.3 is 36.7 Å². The van der Waals surface area contributed by atoms with Crippen LogP contribution in [0.25, 0.3) is 10.9 Å². The lowest BCUT2D eigenvalue weighted by atomic mass is 9.99. The van der Waals surface area contributed by atoms with Gasteiger partial charge in [-0.15, -0.1) is 0 Å². The Morgan fingerprint density at radius 1 is 0.933 bits per heavy atom. The van der Waals surface area contributed by atoms with Crippen LogP contribution >= 0.6 is 0 Å². The van der Waals surface area contributed by atoms with Gasteiger partial charge in [0.1, 0.15) is 24.2 Å². The van der Waals surface area contributed by atoms with E-state index in [4.69, 9.17) is 5.73 Å². The van der Waals surface area contributed by atoms with Crippen molar-refractivity contribution in [2.75, 3.05) is 6.54 Å². The fourth-order valence-corrected chi connectivity index (χ4v) is 5.75. The number of H-pyrrole nitrogens is 1. The largest absolute Gasteiger partial charge is 0.481 e. The smallest absolute Gasteiger partial charge is 0.305 e. The molecule has 0 saturated carbocycles. The van der Waals surface area contributed by atoms with E-state index in [1.54, 1.807) is 43.5 Å². The Bertz CT molecular complexity index is 1570. The molecule has 5 atom stereocenters. The van der Waals surface area contributed by atoms with Gasteiger partial charge in [-0.1, -0.05) is 55.5 Å². The third kappa shape index (κ3) is 8.25. The third-order valence-corrected chi connectivity index (χ3v) is 7.98. The molecular formula is C32H38N6O7. The summed E-state index contributed by atoms with van der Waals surface area (Å²) in [5.74, 6) is -5.02. The first-order valence-corrected chi connectivity index (χ1v) is 14.7. The number of carboxylic acids is 1. The second kappa shape index (κ2) is 14.5. The number of aromatic nitrogens is 1. The zero-order valence-electron chi connectivity index (χ0n) is 25.1. The molecule has 7 N–H and O–H groups in total. The molecule has 13 heteroatoms. The number of fused-ring (bicyclic) bond motifs is 1. The number of hydrogen-bond donors (Lipinski definition) is 6. The van der Waals surface area contributed by atoms with E-state index in [1.165, 1.54) is 11.8 Å². The predicted molar refractivity (Wildman–Crippen MR) is 164 cm³/mol. The first kappa shape index (κ1) is 32.7. The van der Waals surface area contributed by atoms with Crippen molar-refractivity contribution in [3.8, 4) is 0 Å². The molecule has 0 aliphatic carbocycles. The predicted octanol–water partition coefficient (Wildman–Crippen LogP) is 0.624. The Labute approximate surface area is 259 Å². The summed E-state index contributed by atoms with van der Waals surface area (Å²) < 4.78 is 0. The number of carbonyl (C=O) groups excluding carboxylic acids is 5. The molecule has 13 nitrogen and oxygen atoms in total. The number of nitrogens with zero attached hydrogens (tertiary/aromatic N) is 1. The summed E-state index contributed by atoms with van der Waals surface area (Å²) >= 11 is 0. The van der Waals surface area contributed by atoms with Gasteiger partial charge in [-0.05, 0) is 29.5 Å². The Morgan fingerprint density at radius 2 is 1.62 bits per heavy atom. The molecule has 1 aliphatic rings. The number of likely N-dealkylation sites (tertiary alicyclic amines) is 1. The van der Waals surface area contributed by atoms with Crippen molar-refractivity contribution in [2.24, 2.45) is 11.7 Å². The van der Waals surface area contributed by atoms with Gasteiger partial charge in [0, 0.05) is 43.4 Å². The van der Waals surface area contributed by atoms with E-state index < -0.39 is 66.1 Å². The zero-order chi connectivity index (χ0) is 32.7. The van der Waals surface area contributed by atoms with Crippen molar-refractivity contribution < 1.29 is 33.9 Å². The molecule has 0 spiro atoms. The van der Waals surface area contributed by atoms with E-state index in [0.717, 1.165) is 22.0 Å². The molecule has 0 unspecified atom stereocenters. The van der Waals surface area contributed by atoms with E-state index in [2.05, 4.69) is 20.9 Å². The lowest BCUT2D eigenvalue weighted by Gasteiger charge is -2.31. The number of rotatable bonds is 13. The van der Waals surface area contributed by atoms with Crippen LogP contribution < -0.4 is 21.7 Å². The number of aromatic amines is 1. The number of carboxylic acid groups (broad SMARTS) is 1. The van der Waals surface area contributed by atoms with Gasteiger partial charge in [-0.2, -0.15) is 0 Å². The van der Waals surface area contributed by atoms with Gasteiger partial charge in [0.05, 0.1) is 6.42 Å². The number of amides is 5. The second-order valence-electron chi connectivity index (χ2n) is 11.4. The average Bonchev–Trinajstić information content (AvgIpc) is 3.59. The molecule has 3 aromatic rings. The molecule has 2 aromatic carbocycles. The van der Waals surface area contributed by atoms with Gasteiger partial charge in [0.15, 0.2) is 0 Å². The van der Waals surface area contributed by atoms with Crippen molar-refractivity contribution in [1.82, 2.24) is 25.8 Å². The lowest BCUT2D eigenvalue weighted by molar-refractivity contribution is -0.144. The third-order valence-electron chi connectivity index (χ3n) is 7.98. The van der Waals surface area contributed by atoms with Crippen molar-refractivity contribution in [3.63, 3.8) is 0 Å². The SMILES string of the molecule is CC(=O)N[C@@H](Cc1c[nH]c2ccccc12)C(=O)N1CC[C@H](C)[C@H]1C(=O)N[C@@H](CC(=O)O)C(=O)N[C@@H](Cc1ccccc1)C(N)=O. The summed E-state index contributed by atoms with van der Waals surface area (Å²) in [5, 5.41) is 18.1. The van der Waals surface area contributed by atoms with Crippen LogP contribution in [0.2, 0.25) is 0 Å². The molecule has 1 aromatic heterocycles. The highest BCUT2D eigenvalue weighted by molar-refractivity contribution is 5.97. The molecule has 0 bridgehead atoms. The molecule has 238 valence electrons. The van der Waals surface area contributed by atoms with Crippen LogP contribution in [0.5, 0.6) is 0 Å². The van der Waals surface area contributed by atoms with Crippen LogP contribution in [-0.2, 0) is 41.6 Å². The van der Waals surface area contributed by atoms with E-state index >= 15 is 0 Å². The van der Waals surface area contributed by atoms with E-state index in [1.807, 2.05) is 24.3 Å². The Morgan fingerprint density at radius 3 is 2.29 bits per heavy atom. The van der Waals surface area contributed by atoms with Gasteiger partial charge in [-0.3, -0.25) is 28.8 Å². The summed E-state index contributed by atoms with van der Waals surface area (Å²) in [4.78, 5) is 81.2. The maximum absolute atomic E-state index is 13.9. The normalized spacial score (nSPS) is 18.0. The average molecular weight is 619 g/mol. The number of nitrogens with one attached hydrogen (secondary N) is 4.